The molecular weight excluding hydrogens is 258 g/mol. The number of halogens is 2. The molecule has 0 fully saturated rings. The first kappa shape index (κ1) is 10.1. The van der Waals surface area contributed by atoms with Crippen LogP contribution in [0.2, 0.25) is 5.15 Å². The Morgan fingerprint density at radius 1 is 1.75 bits per heavy atom. The molecule has 0 aliphatic heterocycles. The molecule has 0 aliphatic rings. The van der Waals surface area contributed by atoms with Gasteiger partial charge in [-0.25, -0.2) is 4.98 Å². The first-order chi connectivity index (χ1) is 5.69. The molecular formula is C8H7BrClNS. The van der Waals surface area contributed by atoms with Gasteiger partial charge in [-0.1, -0.05) is 18.2 Å². The highest BCUT2D eigenvalue weighted by Gasteiger charge is 2.04. The van der Waals surface area contributed by atoms with Gasteiger partial charge in [0.25, 0.3) is 0 Å². The van der Waals surface area contributed by atoms with E-state index in [2.05, 4.69) is 27.5 Å². The second kappa shape index (κ2) is 4.30. The Morgan fingerprint density at radius 3 is 2.92 bits per heavy atom. The van der Waals surface area contributed by atoms with Crippen molar-refractivity contribution in [2.24, 2.45) is 0 Å². The molecule has 0 atom stereocenters. The molecule has 0 amide bonds. The zero-order chi connectivity index (χ0) is 9.14. The highest BCUT2D eigenvalue weighted by atomic mass is 79.9. The van der Waals surface area contributed by atoms with E-state index in [-0.39, 0.29) is 0 Å². The number of rotatable bonds is 2. The maximum Gasteiger partial charge on any atom is 0.143 e. The molecule has 0 spiro atoms. The minimum Gasteiger partial charge on any atom is -0.234 e. The maximum atomic E-state index is 5.81. The molecule has 0 bridgehead atoms. The van der Waals surface area contributed by atoms with E-state index in [1.165, 1.54) is 0 Å². The SMILES string of the molecule is C=Cc1nc(Cl)c(Br)cc1SC. The van der Waals surface area contributed by atoms with E-state index < -0.39 is 0 Å². The molecule has 1 rings (SSSR count). The third-order valence-corrected chi connectivity index (χ3v) is 3.23. The van der Waals surface area contributed by atoms with Crippen molar-refractivity contribution in [3.8, 4) is 0 Å². The average molecular weight is 265 g/mol. The summed E-state index contributed by atoms with van der Waals surface area (Å²) < 4.78 is 0.819. The Bertz CT molecular complexity index is 314. The number of hydrogen-bond donors (Lipinski definition) is 0. The Kier molecular flexibility index (Phi) is 3.62. The standard InChI is InChI=1S/C8H7BrClNS/c1-3-6-7(12-2)4-5(9)8(10)11-6/h3-4H,1H2,2H3. The van der Waals surface area contributed by atoms with Gasteiger partial charge in [0.05, 0.1) is 10.2 Å². The molecule has 1 aromatic rings. The zero-order valence-corrected chi connectivity index (χ0v) is 9.63. The predicted molar refractivity (Wildman–Crippen MR) is 58.8 cm³/mol. The highest BCUT2D eigenvalue weighted by molar-refractivity contribution is 9.10. The molecule has 0 aliphatic carbocycles. The zero-order valence-electron chi connectivity index (χ0n) is 6.47. The third kappa shape index (κ3) is 2.03. The summed E-state index contributed by atoms with van der Waals surface area (Å²) in [5.41, 5.74) is 0.829. The highest BCUT2D eigenvalue weighted by Crippen LogP contribution is 2.28. The fourth-order valence-electron chi connectivity index (χ4n) is 0.773. The number of hydrogen-bond acceptors (Lipinski definition) is 2. The number of thioether (sulfide) groups is 1. The van der Waals surface area contributed by atoms with Crippen molar-refractivity contribution < 1.29 is 0 Å². The van der Waals surface area contributed by atoms with Crippen LogP contribution in [0.25, 0.3) is 6.08 Å². The minimum atomic E-state index is 0.475. The lowest BCUT2D eigenvalue weighted by atomic mass is 10.3. The van der Waals surface area contributed by atoms with Crippen LogP contribution < -0.4 is 0 Å². The second-order valence-corrected chi connectivity index (χ2v) is 4.11. The summed E-state index contributed by atoms with van der Waals surface area (Å²) in [7, 11) is 0. The van der Waals surface area contributed by atoms with Crippen LogP contribution in [0.1, 0.15) is 5.69 Å². The smallest absolute Gasteiger partial charge is 0.143 e. The van der Waals surface area contributed by atoms with Gasteiger partial charge in [0, 0.05) is 4.90 Å². The Balaban J connectivity index is 3.28. The van der Waals surface area contributed by atoms with Gasteiger partial charge in [0.1, 0.15) is 5.15 Å². The summed E-state index contributed by atoms with van der Waals surface area (Å²) in [4.78, 5) is 5.21. The maximum absolute atomic E-state index is 5.81. The molecule has 4 heteroatoms. The molecule has 12 heavy (non-hydrogen) atoms. The quantitative estimate of drug-likeness (QED) is 0.594. The molecule has 0 N–H and O–H groups in total. The van der Waals surface area contributed by atoms with Gasteiger partial charge in [-0.2, -0.15) is 0 Å². The van der Waals surface area contributed by atoms with Crippen molar-refractivity contribution in [3.05, 3.63) is 28.0 Å². The van der Waals surface area contributed by atoms with E-state index in [1.807, 2.05) is 12.3 Å². The summed E-state index contributed by atoms with van der Waals surface area (Å²) >= 11 is 10.7. The average Bonchev–Trinajstić information content (AvgIpc) is 2.09. The van der Waals surface area contributed by atoms with E-state index >= 15 is 0 Å². The molecule has 0 saturated carbocycles. The van der Waals surface area contributed by atoms with Gasteiger partial charge in [-0.15, -0.1) is 11.8 Å². The van der Waals surface area contributed by atoms with Crippen LogP contribution in [0.5, 0.6) is 0 Å². The minimum absolute atomic E-state index is 0.475. The van der Waals surface area contributed by atoms with E-state index in [4.69, 9.17) is 11.6 Å². The summed E-state index contributed by atoms with van der Waals surface area (Å²) in [6.07, 6.45) is 3.69. The Morgan fingerprint density at radius 2 is 2.42 bits per heavy atom. The monoisotopic (exact) mass is 263 g/mol. The first-order valence-corrected chi connectivity index (χ1v) is 5.61. The van der Waals surface area contributed by atoms with Crippen molar-refractivity contribution in [2.45, 2.75) is 4.90 Å². The van der Waals surface area contributed by atoms with Gasteiger partial charge in [0.15, 0.2) is 0 Å². The van der Waals surface area contributed by atoms with Crippen LogP contribution in [0.15, 0.2) is 22.0 Å². The molecule has 1 aromatic heterocycles. The van der Waals surface area contributed by atoms with Crippen molar-refractivity contribution in [3.63, 3.8) is 0 Å². The lowest BCUT2D eigenvalue weighted by Gasteiger charge is -2.03. The summed E-state index contributed by atoms with van der Waals surface area (Å²) in [6, 6.07) is 1.94. The van der Waals surface area contributed by atoms with Crippen LogP contribution in [0.3, 0.4) is 0 Å². The number of nitrogens with zero attached hydrogens (tertiary/aromatic N) is 1. The summed E-state index contributed by atoms with van der Waals surface area (Å²) in [6.45, 7) is 3.66. The van der Waals surface area contributed by atoms with Crippen molar-refractivity contribution in [1.82, 2.24) is 4.98 Å². The molecule has 0 aromatic carbocycles. The molecule has 1 heterocycles. The predicted octanol–water partition coefficient (Wildman–Crippen LogP) is 3.86. The van der Waals surface area contributed by atoms with E-state index in [9.17, 15) is 0 Å². The first-order valence-electron chi connectivity index (χ1n) is 3.21. The normalized spacial score (nSPS) is 9.92. The van der Waals surface area contributed by atoms with Gasteiger partial charge in [-0.05, 0) is 34.3 Å². The summed E-state index contributed by atoms with van der Waals surface area (Å²) in [5, 5.41) is 0.475. The molecule has 0 unspecified atom stereocenters. The van der Waals surface area contributed by atoms with E-state index in [0.717, 1.165) is 15.1 Å². The van der Waals surface area contributed by atoms with Crippen LogP contribution in [-0.2, 0) is 0 Å². The van der Waals surface area contributed by atoms with Gasteiger partial charge in [-0.3, -0.25) is 0 Å². The topological polar surface area (TPSA) is 12.9 Å². The molecule has 1 nitrogen and oxygen atoms in total. The van der Waals surface area contributed by atoms with Gasteiger partial charge >= 0.3 is 0 Å². The lowest BCUT2D eigenvalue weighted by molar-refractivity contribution is 1.19. The largest absolute Gasteiger partial charge is 0.234 e. The van der Waals surface area contributed by atoms with Crippen molar-refractivity contribution >= 4 is 45.4 Å². The Hall–Kier alpha value is 0.01000. The fourth-order valence-corrected chi connectivity index (χ4v) is 1.96. The molecule has 0 saturated heterocycles. The number of aromatic nitrogens is 1. The van der Waals surface area contributed by atoms with E-state index in [0.29, 0.717) is 5.15 Å². The van der Waals surface area contributed by atoms with Crippen molar-refractivity contribution in [2.75, 3.05) is 6.26 Å². The Labute approximate surface area is 89.4 Å². The van der Waals surface area contributed by atoms with Crippen LogP contribution in [-0.4, -0.2) is 11.2 Å². The van der Waals surface area contributed by atoms with Crippen LogP contribution in [0.4, 0.5) is 0 Å². The third-order valence-electron chi connectivity index (χ3n) is 1.34. The van der Waals surface area contributed by atoms with E-state index in [1.54, 1.807) is 17.8 Å². The van der Waals surface area contributed by atoms with Crippen molar-refractivity contribution in [1.29, 1.82) is 0 Å². The fraction of sp³-hybridized carbons (Fsp3) is 0.125. The molecule has 0 radical (unpaired) electrons. The number of pyridine rings is 1. The van der Waals surface area contributed by atoms with Crippen LogP contribution >= 0.6 is 39.3 Å². The summed E-state index contributed by atoms with van der Waals surface area (Å²) in [5.74, 6) is 0. The molecule has 64 valence electrons. The van der Waals surface area contributed by atoms with Crippen LogP contribution in [0, 0.1) is 0 Å². The van der Waals surface area contributed by atoms with Gasteiger partial charge < -0.3 is 0 Å². The van der Waals surface area contributed by atoms with Gasteiger partial charge in [0.2, 0.25) is 0 Å². The second-order valence-electron chi connectivity index (χ2n) is 2.05. The lowest BCUT2D eigenvalue weighted by Crippen LogP contribution is -1.86.